The Morgan fingerprint density at radius 2 is 2.00 bits per heavy atom. The maximum atomic E-state index is 13.6. The normalized spacial score (nSPS) is 16.2. The molecule has 2 aromatic heterocycles. The molecule has 1 atom stereocenters. The molecule has 1 aliphatic rings. The van der Waals surface area contributed by atoms with Crippen LogP contribution in [-0.2, 0) is 9.53 Å². The van der Waals surface area contributed by atoms with E-state index in [1.165, 1.54) is 11.3 Å². The molecule has 0 amide bonds. The highest BCUT2D eigenvalue weighted by Crippen LogP contribution is 2.34. The van der Waals surface area contributed by atoms with Crippen LogP contribution in [-0.4, -0.2) is 17.1 Å². The van der Waals surface area contributed by atoms with Crippen LogP contribution in [0.2, 0.25) is 0 Å². The number of ether oxygens (including phenoxy) is 1. The predicted octanol–water partition coefficient (Wildman–Crippen LogP) is 3.54. The lowest BCUT2D eigenvalue weighted by Gasteiger charge is -2.25. The molecule has 3 heterocycles. The summed E-state index contributed by atoms with van der Waals surface area (Å²) < 4.78 is 12.9. The van der Waals surface area contributed by atoms with Gasteiger partial charge in [0.25, 0.3) is 5.56 Å². The fraction of sp³-hybridized carbons (Fsp3) is 0.160. The Morgan fingerprint density at radius 1 is 1.19 bits per heavy atom. The summed E-state index contributed by atoms with van der Waals surface area (Å²) in [6.45, 7) is 3.79. The zero-order chi connectivity index (χ0) is 22.2. The van der Waals surface area contributed by atoms with E-state index in [0.717, 1.165) is 16.3 Å². The Morgan fingerprint density at radius 3 is 2.78 bits per heavy atom. The summed E-state index contributed by atoms with van der Waals surface area (Å²) in [6, 6.07) is 16.8. The number of fused-ring (bicyclic) bond motifs is 2. The second-order valence-electron chi connectivity index (χ2n) is 7.39. The number of esters is 1. The first-order valence-electron chi connectivity index (χ1n) is 10.3. The van der Waals surface area contributed by atoms with Gasteiger partial charge >= 0.3 is 5.97 Å². The number of hydrogen-bond donors (Lipinski definition) is 0. The Kier molecular flexibility index (Phi) is 5.11. The van der Waals surface area contributed by atoms with Gasteiger partial charge in [0.05, 0.1) is 34.7 Å². The minimum absolute atomic E-state index is 0.225. The first-order chi connectivity index (χ1) is 15.6. The maximum Gasteiger partial charge on any atom is 0.338 e. The number of benzene rings is 2. The van der Waals surface area contributed by atoms with Gasteiger partial charge in [-0.1, -0.05) is 53.8 Å². The van der Waals surface area contributed by atoms with Crippen molar-refractivity contribution in [2.45, 2.75) is 19.9 Å². The van der Waals surface area contributed by atoms with E-state index in [-0.39, 0.29) is 12.2 Å². The van der Waals surface area contributed by atoms with Crippen molar-refractivity contribution in [2.75, 3.05) is 6.61 Å². The largest absolute Gasteiger partial charge is 0.465 e. The molecular weight excluding hydrogens is 424 g/mol. The van der Waals surface area contributed by atoms with Gasteiger partial charge < -0.3 is 9.15 Å². The van der Waals surface area contributed by atoms with Crippen LogP contribution in [0.25, 0.3) is 16.8 Å². The van der Waals surface area contributed by atoms with Gasteiger partial charge in [-0.15, -0.1) is 0 Å². The molecule has 1 aliphatic heterocycles. The van der Waals surface area contributed by atoms with Crippen molar-refractivity contribution in [3.05, 3.63) is 103 Å². The van der Waals surface area contributed by atoms with E-state index in [2.05, 4.69) is 4.99 Å². The van der Waals surface area contributed by atoms with E-state index >= 15 is 0 Å². The highest BCUT2D eigenvalue weighted by atomic mass is 32.1. The third-order valence-electron chi connectivity index (χ3n) is 5.45. The summed E-state index contributed by atoms with van der Waals surface area (Å²) in [5, 5.41) is 2.00. The minimum atomic E-state index is -0.643. The fourth-order valence-corrected chi connectivity index (χ4v) is 5.10. The van der Waals surface area contributed by atoms with E-state index in [4.69, 9.17) is 9.15 Å². The number of furan rings is 1. The van der Waals surface area contributed by atoms with E-state index < -0.39 is 12.0 Å². The molecule has 0 aliphatic carbocycles. The second-order valence-corrected chi connectivity index (χ2v) is 8.40. The summed E-state index contributed by atoms with van der Waals surface area (Å²) >= 11 is 1.28. The topological polar surface area (TPSA) is 73.8 Å². The Balaban J connectivity index is 1.83. The van der Waals surface area contributed by atoms with Crippen LogP contribution < -0.4 is 14.9 Å². The highest BCUT2D eigenvalue weighted by Gasteiger charge is 2.34. The lowest BCUT2D eigenvalue weighted by atomic mass is 9.91. The molecule has 4 aromatic rings. The molecule has 6 nitrogen and oxygen atoms in total. The number of allylic oxidation sites excluding steroid dienone is 1. The smallest absolute Gasteiger partial charge is 0.338 e. The van der Waals surface area contributed by atoms with Crippen molar-refractivity contribution in [3.8, 4) is 0 Å². The molecule has 0 fully saturated rings. The van der Waals surface area contributed by atoms with Crippen molar-refractivity contribution < 1.29 is 13.9 Å². The average molecular weight is 445 g/mol. The van der Waals surface area contributed by atoms with Gasteiger partial charge in [-0.2, -0.15) is 0 Å². The van der Waals surface area contributed by atoms with E-state index in [1.54, 1.807) is 42.9 Å². The van der Waals surface area contributed by atoms with Gasteiger partial charge in [0.2, 0.25) is 0 Å². The third kappa shape index (κ3) is 3.31. The van der Waals surface area contributed by atoms with Crippen molar-refractivity contribution in [2.24, 2.45) is 4.99 Å². The van der Waals surface area contributed by atoms with Gasteiger partial charge in [-0.25, -0.2) is 9.79 Å². The summed E-state index contributed by atoms with van der Waals surface area (Å²) in [5.41, 5.74) is 1.55. The number of hydrogen-bond acceptors (Lipinski definition) is 6. The molecule has 5 rings (SSSR count). The first kappa shape index (κ1) is 20.2. The number of aromatic nitrogens is 1. The first-order valence-corrected chi connectivity index (χ1v) is 11.1. The fourth-order valence-electron chi connectivity index (χ4n) is 4.08. The van der Waals surface area contributed by atoms with Crippen molar-refractivity contribution in [1.82, 2.24) is 4.57 Å². The SMILES string of the molecule is CCOC(=O)C1=C(C)N=c2s/c(=C\c3ccco3)c(=O)n2[C@H]1c1cccc2ccccc12. The molecular formula is C25H20N2O4S. The van der Waals surface area contributed by atoms with E-state index in [9.17, 15) is 9.59 Å². The predicted molar refractivity (Wildman–Crippen MR) is 123 cm³/mol. The molecule has 2 aromatic carbocycles. The van der Waals surface area contributed by atoms with Crippen LogP contribution >= 0.6 is 11.3 Å². The van der Waals surface area contributed by atoms with Crippen LogP contribution in [0.1, 0.15) is 31.2 Å². The number of thiazole rings is 1. The standard InChI is InChI=1S/C25H20N2O4S/c1-3-30-24(29)21-15(2)26-25-27(23(28)20(32-25)14-17-10-7-13-31-17)22(21)19-12-6-9-16-8-4-5-11-18(16)19/h4-14,22H,3H2,1-2H3/b20-14-/t22-/m0/s1. The second kappa shape index (κ2) is 8.09. The third-order valence-corrected chi connectivity index (χ3v) is 6.43. The Bertz CT molecular complexity index is 1540. The molecule has 0 spiro atoms. The molecule has 0 radical (unpaired) electrons. The molecule has 32 heavy (non-hydrogen) atoms. The number of carbonyl (C=O) groups is 1. The highest BCUT2D eigenvalue weighted by molar-refractivity contribution is 7.07. The molecule has 0 bridgehead atoms. The zero-order valence-corrected chi connectivity index (χ0v) is 18.4. The zero-order valence-electron chi connectivity index (χ0n) is 17.6. The van der Waals surface area contributed by atoms with Crippen molar-refractivity contribution in [1.29, 1.82) is 0 Å². The minimum Gasteiger partial charge on any atom is -0.465 e. The number of rotatable bonds is 4. The molecule has 0 saturated carbocycles. The van der Waals surface area contributed by atoms with Crippen LogP contribution in [0.3, 0.4) is 0 Å². The summed E-state index contributed by atoms with van der Waals surface area (Å²) in [7, 11) is 0. The van der Waals surface area contributed by atoms with Crippen LogP contribution in [0.5, 0.6) is 0 Å². The van der Waals surface area contributed by atoms with E-state index in [1.807, 2.05) is 42.5 Å². The van der Waals surface area contributed by atoms with Gasteiger partial charge in [0.1, 0.15) is 5.76 Å². The van der Waals surface area contributed by atoms with E-state index in [0.29, 0.717) is 26.4 Å². The Labute approximate surface area is 187 Å². The van der Waals surface area contributed by atoms with Crippen molar-refractivity contribution in [3.63, 3.8) is 0 Å². The maximum absolute atomic E-state index is 13.6. The molecule has 160 valence electrons. The van der Waals surface area contributed by atoms with Crippen LogP contribution in [0.4, 0.5) is 0 Å². The quantitative estimate of drug-likeness (QED) is 0.451. The molecule has 0 saturated heterocycles. The van der Waals surface area contributed by atoms with Crippen LogP contribution in [0.15, 0.2) is 86.3 Å². The summed E-state index contributed by atoms with van der Waals surface area (Å²) in [5.74, 6) is 0.116. The summed E-state index contributed by atoms with van der Waals surface area (Å²) in [6.07, 6.45) is 3.26. The molecule has 0 unspecified atom stereocenters. The average Bonchev–Trinajstić information content (AvgIpc) is 3.41. The van der Waals surface area contributed by atoms with Gasteiger partial charge in [0.15, 0.2) is 4.80 Å². The van der Waals surface area contributed by atoms with Crippen LogP contribution in [0, 0.1) is 0 Å². The summed E-state index contributed by atoms with van der Waals surface area (Å²) in [4.78, 5) is 31.7. The van der Waals surface area contributed by atoms with Gasteiger partial charge in [0, 0.05) is 6.08 Å². The number of carbonyl (C=O) groups excluding carboxylic acids is 1. The monoisotopic (exact) mass is 444 g/mol. The molecule has 0 N–H and O–H groups in total. The molecule has 7 heteroatoms. The van der Waals surface area contributed by atoms with Crippen molar-refractivity contribution >= 4 is 34.2 Å². The number of nitrogens with zero attached hydrogens (tertiary/aromatic N) is 2. The Hall–Kier alpha value is -3.71. The lowest BCUT2D eigenvalue weighted by Crippen LogP contribution is -2.40. The van der Waals surface area contributed by atoms with Gasteiger partial charge in [-0.3, -0.25) is 9.36 Å². The lowest BCUT2D eigenvalue weighted by molar-refractivity contribution is -0.139. The van der Waals surface area contributed by atoms with Gasteiger partial charge in [-0.05, 0) is 42.3 Å².